The molecular weight excluding hydrogens is 284 g/mol. The van der Waals surface area contributed by atoms with Gasteiger partial charge in [-0.2, -0.15) is 0 Å². The Kier molecular flexibility index (Phi) is 5.21. The molecule has 1 aliphatic heterocycles. The summed E-state index contributed by atoms with van der Waals surface area (Å²) in [4.78, 5) is 15.5. The van der Waals surface area contributed by atoms with Crippen molar-refractivity contribution in [3.63, 3.8) is 0 Å². The molecule has 1 N–H and O–H groups in total. The molecule has 0 radical (unpaired) electrons. The molecule has 0 aromatic carbocycles. The first-order valence-electron chi connectivity index (χ1n) is 6.43. The van der Waals surface area contributed by atoms with Crippen LogP contribution in [0.2, 0.25) is 4.34 Å². The van der Waals surface area contributed by atoms with Crippen LogP contribution in [0, 0.1) is 5.92 Å². The molecule has 19 heavy (non-hydrogen) atoms. The van der Waals surface area contributed by atoms with Gasteiger partial charge < -0.3 is 15.0 Å². The largest absolute Gasteiger partial charge is 0.379 e. The molecule has 2 heterocycles. The minimum Gasteiger partial charge on any atom is -0.379 e. The molecule has 4 nitrogen and oxygen atoms in total. The number of carbonyl (C=O) groups is 1. The molecule has 0 bridgehead atoms. The lowest BCUT2D eigenvalue weighted by atomic mass is 10.0. The van der Waals surface area contributed by atoms with E-state index in [1.54, 1.807) is 0 Å². The summed E-state index contributed by atoms with van der Waals surface area (Å²) < 4.78 is 6.16. The smallest absolute Gasteiger partial charge is 0.230 e. The fourth-order valence-corrected chi connectivity index (χ4v) is 3.39. The Morgan fingerprint density at radius 2 is 2.37 bits per heavy atom. The molecule has 0 saturated carbocycles. The third-order valence-corrected chi connectivity index (χ3v) is 4.65. The van der Waals surface area contributed by atoms with Crippen molar-refractivity contribution in [2.45, 2.75) is 19.5 Å². The summed E-state index contributed by atoms with van der Waals surface area (Å²) in [5.41, 5.74) is 0. The number of ether oxygens (including phenoxy) is 1. The van der Waals surface area contributed by atoms with Gasteiger partial charge in [-0.05, 0) is 26.1 Å². The Bertz CT molecular complexity index is 438. The molecular formula is C13H19ClN2O2S. The predicted molar refractivity (Wildman–Crippen MR) is 77.6 cm³/mol. The third-order valence-electron chi connectivity index (χ3n) is 3.44. The number of thiophene rings is 1. The molecule has 2 unspecified atom stereocenters. The Labute approximate surface area is 122 Å². The number of hydrogen-bond acceptors (Lipinski definition) is 4. The summed E-state index contributed by atoms with van der Waals surface area (Å²) >= 11 is 7.45. The normalized spacial score (nSPS) is 22.7. The van der Waals surface area contributed by atoms with Crippen molar-refractivity contribution in [2.75, 3.05) is 26.8 Å². The van der Waals surface area contributed by atoms with Gasteiger partial charge in [-0.3, -0.25) is 4.79 Å². The van der Waals surface area contributed by atoms with Crippen molar-refractivity contribution < 1.29 is 9.53 Å². The molecule has 1 aromatic rings. The van der Waals surface area contributed by atoms with E-state index in [1.807, 2.05) is 31.0 Å². The zero-order chi connectivity index (χ0) is 13.8. The number of hydrogen-bond donors (Lipinski definition) is 1. The van der Waals surface area contributed by atoms with Crippen molar-refractivity contribution in [1.82, 2.24) is 10.2 Å². The molecule has 2 atom stereocenters. The Morgan fingerprint density at radius 1 is 1.58 bits per heavy atom. The monoisotopic (exact) mass is 302 g/mol. The van der Waals surface area contributed by atoms with E-state index in [2.05, 4.69) is 5.32 Å². The summed E-state index contributed by atoms with van der Waals surface area (Å²) in [6, 6.07) is 3.96. The molecule has 1 fully saturated rings. The Morgan fingerprint density at radius 3 is 2.95 bits per heavy atom. The van der Waals surface area contributed by atoms with Gasteiger partial charge in [0.05, 0.1) is 30.0 Å². The summed E-state index contributed by atoms with van der Waals surface area (Å²) in [5, 5.41) is 3.15. The number of nitrogens with zero attached hydrogens (tertiary/aromatic N) is 1. The van der Waals surface area contributed by atoms with E-state index in [0.717, 1.165) is 9.21 Å². The van der Waals surface area contributed by atoms with Crippen molar-refractivity contribution in [2.24, 2.45) is 5.92 Å². The fourth-order valence-electron chi connectivity index (χ4n) is 2.29. The highest BCUT2D eigenvalue weighted by Crippen LogP contribution is 2.24. The van der Waals surface area contributed by atoms with E-state index in [4.69, 9.17) is 16.3 Å². The first-order chi connectivity index (χ1) is 9.15. The lowest BCUT2D eigenvalue weighted by Crippen LogP contribution is -2.44. The van der Waals surface area contributed by atoms with Crippen LogP contribution in [0.15, 0.2) is 12.1 Å². The molecule has 106 valence electrons. The number of nitrogens with one attached hydrogen (secondary N) is 1. The maximum Gasteiger partial charge on any atom is 0.230 e. The molecule has 1 aromatic heterocycles. The molecule has 1 amide bonds. The van der Waals surface area contributed by atoms with E-state index >= 15 is 0 Å². The highest BCUT2D eigenvalue weighted by molar-refractivity contribution is 7.16. The second-order valence-electron chi connectivity index (χ2n) is 4.60. The summed E-state index contributed by atoms with van der Waals surface area (Å²) in [7, 11) is 1.87. The van der Waals surface area contributed by atoms with Crippen molar-refractivity contribution in [3.8, 4) is 0 Å². The van der Waals surface area contributed by atoms with Crippen LogP contribution in [0.25, 0.3) is 0 Å². The van der Waals surface area contributed by atoms with Gasteiger partial charge in [-0.15, -0.1) is 11.3 Å². The van der Waals surface area contributed by atoms with Crippen LogP contribution in [0.3, 0.4) is 0 Å². The predicted octanol–water partition coefficient (Wildman–Crippen LogP) is 1.98. The standard InChI is InChI=1S/C13H19ClN2O2S/c1-3-16(6-9-4-5-12(14)19-9)13(17)10-7-18-8-11(10)15-2/h4-5,10-11,15H,3,6-8H2,1-2H3. The van der Waals surface area contributed by atoms with E-state index < -0.39 is 0 Å². The minimum absolute atomic E-state index is 0.0830. The molecule has 0 spiro atoms. The van der Waals surface area contributed by atoms with Crippen LogP contribution in [0.1, 0.15) is 11.8 Å². The lowest BCUT2D eigenvalue weighted by Gasteiger charge is -2.25. The van der Waals surface area contributed by atoms with Gasteiger partial charge in [0, 0.05) is 17.5 Å². The molecule has 2 rings (SSSR count). The highest BCUT2D eigenvalue weighted by Gasteiger charge is 2.35. The zero-order valence-electron chi connectivity index (χ0n) is 11.2. The van der Waals surface area contributed by atoms with Crippen LogP contribution in [-0.2, 0) is 16.1 Å². The summed E-state index contributed by atoms with van der Waals surface area (Å²) in [5.74, 6) is 0.0734. The topological polar surface area (TPSA) is 41.6 Å². The second kappa shape index (κ2) is 6.70. The number of halogens is 1. The van der Waals surface area contributed by atoms with Gasteiger partial charge in [0.1, 0.15) is 0 Å². The lowest BCUT2D eigenvalue weighted by molar-refractivity contribution is -0.136. The second-order valence-corrected chi connectivity index (χ2v) is 6.40. The Hall–Kier alpha value is -0.620. The van der Waals surface area contributed by atoms with Gasteiger partial charge >= 0.3 is 0 Å². The highest BCUT2D eigenvalue weighted by atomic mass is 35.5. The van der Waals surface area contributed by atoms with E-state index in [1.165, 1.54) is 11.3 Å². The average molecular weight is 303 g/mol. The first kappa shape index (κ1) is 14.8. The number of rotatable bonds is 5. The maximum atomic E-state index is 12.5. The average Bonchev–Trinajstić information content (AvgIpc) is 3.03. The Balaban J connectivity index is 2.02. The van der Waals surface area contributed by atoms with Crippen LogP contribution >= 0.6 is 22.9 Å². The molecule has 0 aliphatic carbocycles. The van der Waals surface area contributed by atoms with E-state index in [0.29, 0.717) is 26.3 Å². The van der Waals surface area contributed by atoms with E-state index in [9.17, 15) is 4.79 Å². The number of carbonyl (C=O) groups excluding carboxylic acids is 1. The van der Waals surface area contributed by atoms with Crippen LogP contribution in [0.4, 0.5) is 0 Å². The minimum atomic E-state index is -0.0830. The zero-order valence-corrected chi connectivity index (χ0v) is 12.8. The van der Waals surface area contributed by atoms with Crippen molar-refractivity contribution in [3.05, 3.63) is 21.3 Å². The summed E-state index contributed by atoms with van der Waals surface area (Å²) in [6.07, 6.45) is 0. The molecule has 1 saturated heterocycles. The number of amides is 1. The van der Waals surface area contributed by atoms with Crippen LogP contribution < -0.4 is 5.32 Å². The first-order valence-corrected chi connectivity index (χ1v) is 7.63. The fraction of sp³-hybridized carbons (Fsp3) is 0.615. The van der Waals surface area contributed by atoms with Crippen molar-refractivity contribution >= 4 is 28.8 Å². The van der Waals surface area contributed by atoms with Gasteiger partial charge in [-0.1, -0.05) is 11.6 Å². The van der Waals surface area contributed by atoms with E-state index in [-0.39, 0.29) is 17.9 Å². The van der Waals surface area contributed by atoms with Gasteiger partial charge in [0.25, 0.3) is 0 Å². The summed E-state index contributed by atoms with van der Waals surface area (Å²) in [6.45, 7) is 4.43. The van der Waals surface area contributed by atoms with Crippen LogP contribution in [-0.4, -0.2) is 43.7 Å². The van der Waals surface area contributed by atoms with Crippen LogP contribution in [0.5, 0.6) is 0 Å². The molecule has 6 heteroatoms. The quantitative estimate of drug-likeness (QED) is 0.904. The third kappa shape index (κ3) is 3.48. The van der Waals surface area contributed by atoms with Gasteiger partial charge in [0.15, 0.2) is 0 Å². The van der Waals surface area contributed by atoms with Gasteiger partial charge in [-0.25, -0.2) is 0 Å². The maximum absolute atomic E-state index is 12.5. The molecule has 1 aliphatic rings. The van der Waals surface area contributed by atoms with Gasteiger partial charge in [0.2, 0.25) is 5.91 Å². The van der Waals surface area contributed by atoms with Crippen molar-refractivity contribution in [1.29, 1.82) is 0 Å². The SMILES string of the molecule is CCN(Cc1ccc(Cl)s1)C(=O)C1COCC1NC. The number of likely N-dealkylation sites (N-methyl/N-ethyl adjacent to an activating group) is 1.